The normalized spacial score (nSPS) is 41.6. The van der Waals surface area contributed by atoms with Crippen LogP contribution in [0.1, 0.15) is 26.7 Å². The third kappa shape index (κ3) is 2.17. The average Bonchev–Trinajstić information content (AvgIpc) is 2.92. The van der Waals surface area contributed by atoms with Crippen LogP contribution in [0.3, 0.4) is 0 Å². The van der Waals surface area contributed by atoms with E-state index in [1.807, 2.05) is 6.92 Å². The molecular formula is C15H22BrNO2. The van der Waals surface area contributed by atoms with Crippen LogP contribution in [-0.2, 0) is 9.53 Å². The van der Waals surface area contributed by atoms with E-state index in [1.165, 1.54) is 23.9 Å². The lowest BCUT2D eigenvalue weighted by Gasteiger charge is -2.37. The summed E-state index contributed by atoms with van der Waals surface area (Å²) in [6.07, 6.45) is 4.88. The van der Waals surface area contributed by atoms with E-state index in [0.717, 1.165) is 6.54 Å². The second-order valence-corrected chi connectivity index (χ2v) is 6.98. The molecule has 2 fully saturated rings. The number of carbonyl (C=O) groups is 1. The minimum Gasteiger partial charge on any atom is -0.466 e. The highest BCUT2D eigenvalue weighted by Crippen LogP contribution is 2.50. The Morgan fingerprint density at radius 1 is 1.58 bits per heavy atom. The highest BCUT2D eigenvalue weighted by atomic mass is 79.9. The number of hydrogen-bond acceptors (Lipinski definition) is 3. The molecular weight excluding hydrogens is 306 g/mol. The average molecular weight is 328 g/mol. The van der Waals surface area contributed by atoms with Crippen LogP contribution >= 0.6 is 15.9 Å². The summed E-state index contributed by atoms with van der Waals surface area (Å²) in [4.78, 5) is 15.0. The summed E-state index contributed by atoms with van der Waals surface area (Å²) >= 11 is 3.66. The predicted octanol–water partition coefficient (Wildman–Crippen LogP) is 2.80. The summed E-state index contributed by atoms with van der Waals surface area (Å²) < 4.78 is 6.54. The fourth-order valence-corrected chi connectivity index (χ4v) is 4.95. The number of halogens is 1. The van der Waals surface area contributed by atoms with Crippen molar-refractivity contribution in [3.05, 3.63) is 10.6 Å². The van der Waals surface area contributed by atoms with Gasteiger partial charge in [0.25, 0.3) is 0 Å². The highest BCUT2D eigenvalue weighted by molar-refractivity contribution is 9.11. The smallest absolute Gasteiger partial charge is 0.309 e. The number of carbonyl (C=O) groups excluding carboxylic acids is 1. The molecule has 0 unspecified atom stereocenters. The highest BCUT2D eigenvalue weighted by Gasteiger charge is 2.52. The molecule has 3 rings (SSSR count). The van der Waals surface area contributed by atoms with E-state index in [2.05, 4.69) is 33.8 Å². The van der Waals surface area contributed by atoms with E-state index in [4.69, 9.17) is 4.74 Å². The zero-order valence-corrected chi connectivity index (χ0v) is 13.2. The van der Waals surface area contributed by atoms with Crippen LogP contribution in [0.4, 0.5) is 0 Å². The monoisotopic (exact) mass is 327 g/mol. The van der Waals surface area contributed by atoms with Crippen LogP contribution in [0.25, 0.3) is 0 Å². The zero-order valence-electron chi connectivity index (χ0n) is 11.6. The van der Waals surface area contributed by atoms with Crippen molar-refractivity contribution in [2.75, 3.05) is 19.7 Å². The number of nitrogens with zero attached hydrogens (tertiary/aromatic N) is 1. The van der Waals surface area contributed by atoms with E-state index in [0.29, 0.717) is 24.5 Å². The molecule has 1 aliphatic carbocycles. The molecule has 0 bridgehead atoms. The van der Waals surface area contributed by atoms with Crippen molar-refractivity contribution in [3.8, 4) is 0 Å². The largest absolute Gasteiger partial charge is 0.466 e. The molecule has 4 heteroatoms. The van der Waals surface area contributed by atoms with Crippen molar-refractivity contribution < 1.29 is 9.53 Å². The minimum atomic E-state index is 0.00352. The Bertz CT molecular complexity index is 409. The van der Waals surface area contributed by atoms with Gasteiger partial charge in [-0.25, -0.2) is 0 Å². The third-order valence-corrected chi connectivity index (χ3v) is 6.11. The third-order valence-electron chi connectivity index (χ3n) is 5.12. The second kappa shape index (κ2) is 5.21. The zero-order chi connectivity index (χ0) is 13.6. The van der Waals surface area contributed by atoms with Gasteiger partial charge in [-0.1, -0.05) is 28.9 Å². The molecule has 0 saturated carbocycles. The summed E-state index contributed by atoms with van der Waals surface area (Å²) in [6, 6.07) is 0.596. The summed E-state index contributed by atoms with van der Waals surface area (Å²) in [5, 5.41) is 0. The first-order chi connectivity index (χ1) is 9.13. The lowest BCUT2D eigenvalue weighted by atomic mass is 9.69. The van der Waals surface area contributed by atoms with Gasteiger partial charge in [-0.2, -0.15) is 0 Å². The van der Waals surface area contributed by atoms with Gasteiger partial charge in [0.15, 0.2) is 0 Å². The number of fused-ring (bicyclic) bond motifs is 3. The van der Waals surface area contributed by atoms with Crippen LogP contribution in [-0.4, -0.2) is 36.6 Å². The van der Waals surface area contributed by atoms with E-state index in [9.17, 15) is 4.79 Å². The molecule has 5 atom stereocenters. The van der Waals surface area contributed by atoms with Crippen LogP contribution in [0.5, 0.6) is 0 Å². The molecule has 2 saturated heterocycles. The van der Waals surface area contributed by atoms with Gasteiger partial charge in [-0.05, 0) is 42.6 Å². The van der Waals surface area contributed by atoms with Gasteiger partial charge in [0.2, 0.25) is 0 Å². The first kappa shape index (κ1) is 13.6. The van der Waals surface area contributed by atoms with Crippen molar-refractivity contribution >= 4 is 21.9 Å². The molecule has 0 amide bonds. The van der Waals surface area contributed by atoms with E-state index in [-0.39, 0.29) is 17.8 Å². The van der Waals surface area contributed by atoms with Crippen LogP contribution in [0, 0.1) is 23.7 Å². The maximum absolute atomic E-state index is 12.4. The predicted molar refractivity (Wildman–Crippen MR) is 77.9 cm³/mol. The number of esters is 1. The molecule has 0 N–H and O–H groups in total. The molecule has 0 aromatic heterocycles. The fraction of sp³-hybridized carbons (Fsp3) is 0.800. The van der Waals surface area contributed by atoms with E-state index in [1.54, 1.807) is 0 Å². The Hall–Kier alpha value is -0.350. The molecule has 0 spiro atoms. The fourth-order valence-electron chi connectivity index (χ4n) is 4.32. The lowest BCUT2D eigenvalue weighted by molar-refractivity contribution is -0.152. The minimum absolute atomic E-state index is 0.00352. The molecule has 3 nitrogen and oxygen atoms in total. The Balaban J connectivity index is 1.91. The van der Waals surface area contributed by atoms with Crippen molar-refractivity contribution in [3.63, 3.8) is 0 Å². The second-order valence-electron chi connectivity index (χ2n) is 6.06. The van der Waals surface area contributed by atoms with Crippen molar-refractivity contribution in [1.29, 1.82) is 0 Å². The van der Waals surface area contributed by atoms with Crippen LogP contribution in [0.15, 0.2) is 10.6 Å². The molecule has 2 heterocycles. The first-order valence-corrected chi connectivity index (χ1v) is 8.20. The van der Waals surface area contributed by atoms with Gasteiger partial charge in [0.1, 0.15) is 0 Å². The SMILES string of the molecule is CCOC(=O)[C@@H]1[C@@H]2[C@H](C=C(Br)[C@H]1C)CN1CCC[C@@H]21. The molecule has 3 aliphatic rings. The van der Waals surface area contributed by atoms with E-state index < -0.39 is 0 Å². The first-order valence-electron chi connectivity index (χ1n) is 7.41. The standard InChI is InChI=1S/C15H22BrNO2/c1-3-19-15(18)13-9(2)11(16)7-10-8-17-6-4-5-12(17)14(10)13/h7,9-10,12-14H,3-6,8H2,1-2H3/t9-,10-,12+,13+,14-/m1/s1. The van der Waals surface area contributed by atoms with Gasteiger partial charge in [-0.15, -0.1) is 0 Å². The number of ether oxygens (including phenoxy) is 1. The molecule has 0 aromatic carbocycles. The summed E-state index contributed by atoms with van der Waals surface area (Å²) in [5.74, 6) is 1.25. The quantitative estimate of drug-likeness (QED) is 0.730. The van der Waals surface area contributed by atoms with Crippen LogP contribution in [0.2, 0.25) is 0 Å². The van der Waals surface area contributed by atoms with Gasteiger partial charge >= 0.3 is 5.97 Å². The summed E-state index contributed by atoms with van der Waals surface area (Å²) in [5.41, 5.74) is 0. The van der Waals surface area contributed by atoms with Crippen molar-refractivity contribution in [2.45, 2.75) is 32.7 Å². The topological polar surface area (TPSA) is 29.5 Å². The Morgan fingerprint density at radius 3 is 3.11 bits per heavy atom. The number of hydrogen-bond donors (Lipinski definition) is 0. The maximum atomic E-state index is 12.4. The van der Waals surface area contributed by atoms with Crippen molar-refractivity contribution in [1.82, 2.24) is 4.90 Å². The van der Waals surface area contributed by atoms with Gasteiger partial charge < -0.3 is 4.74 Å². The van der Waals surface area contributed by atoms with Gasteiger partial charge in [0, 0.05) is 18.5 Å². The van der Waals surface area contributed by atoms with Crippen molar-refractivity contribution in [2.24, 2.45) is 23.7 Å². The molecule has 0 radical (unpaired) electrons. The molecule has 0 aromatic rings. The molecule has 106 valence electrons. The maximum Gasteiger partial charge on any atom is 0.309 e. The molecule has 19 heavy (non-hydrogen) atoms. The Kier molecular flexibility index (Phi) is 3.73. The summed E-state index contributed by atoms with van der Waals surface area (Å²) in [6.45, 7) is 6.84. The lowest BCUT2D eigenvalue weighted by Crippen LogP contribution is -2.41. The van der Waals surface area contributed by atoms with Gasteiger partial charge in [0.05, 0.1) is 12.5 Å². The van der Waals surface area contributed by atoms with Gasteiger partial charge in [-0.3, -0.25) is 9.69 Å². The van der Waals surface area contributed by atoms with E-state index >= 15 is 0 Å². The number of allylic oxidation sites excluding steroid dienone is 1. The summed E-state index contributed by atoms with van der Waals surface area (Å²) in [7, 11) is 0. The van der Waals surface area contributed by atoms with Crippen LogP contribution < -0.4 is 0 Å². The number of rotatable bonds is 2. The Labute approximate surface area is 123 Å². The Morgan fingerprint density at radius 2 is 2.37 bits per heavy atom. The molecule has 2 aliphatic heterocycles.